The Hall–Kier alpha value is -3.69. The quantitative estimate of drug-likeness (QED) is 0.434. The van der Waals surface area contributed by atoms with E-state index in [0.29, 0.717) is 23.8 Å². The summed E-state index contributed by atoms with van der Waals surface area (Å²) in [6.45, 7) is -2.16. The van der Waals surface area contributed by atoms with Crippen LogP contribution in [0.5, 0.6) is 11.5 Å². The van der Waals surface area contributed by atoms with Crippen molar-refractivity contribution in [3.8, 4) is 17.2 Å². The predicted octanol–water partition coefficient (Wildman–Crippen LogP) is 2.74. The highest BCUT2D eigenvalue weighted by molar-refractivity contribution is 5.79. The molecule has 0 aliphatic heterocycles. The van der Waals surface area contributed by atoms with Gasteiger partial charge in [0.25, 0.3) is 0 Å². The smallest absolute Gasteiger partial charge is 0.387 e. The molecular formula is C20H22F2N6O2. The lowest BCUT2D eigenvalue weighted by Crippen LogP contribution is -2.36. The summed E-state index contributed by atoms with van der Waals surface area (Å²) < 4.78 is 36.7. The molecule has 2 N–H and O–H groups in total. The standard InChI is InChI=1S/C20H22F2N6O2/c1-23-20(25-10-14-3-5-16(6-4-14)28-13-24-12-27-28)26-11-15-9-17(29-2)7-8-18(15)30-19(21)22/h3-9,12-13,19H,10-11H2,1-2H3,(H2,23,25,26). The van der Waals surface area contributed by atoms with Crippen LogP contribution in [0.3, 0.4) is 0 Å². The molecule has 0 radical (unpaired) electrons. The van der Waals surface area contributed by atoms with Crippen molar-refractivity contribution in [1.29, 1.82) is 0 Å². The summed E-state index contributed by atoms with van der Waals surface area (Å²) in [5, 5.41) is 10.4. The maximum Gasteiger partial charge on any atom is 0.387 e. The lowest BCUT2D eigenvalue weighted by molar-refractivity contribution is -0.0504. The maximum absolute atomic E-state index is 12.7. The van der Waals surface area contributed by atoms with E-state index in [1.165, 1.54) is 19.5 Å². The van der Waals surface area contributed by atoms with Crippen LogP contribution in [-0.4, -0.2) is 41.5 Å². The van der Waals surface area contributed by atoms with Gasteiger partial charge in [-0.1, -0.05) is 12.1 Å². The van der Waals surface area contributed by atoms with Crippen molar-refractivity contribution in [2.24, 2.45) is 4.99 Å². The molecule has 1 heterocycles. The van der Waals surface area contributed by atoms with Crippen LogP contribution in [0.15, 0.2) is 60.1 Å². The minimum absolute atomic E-state index is 0.0810. The number of guanidine groups is 1. The zero-order chi connectivity index (χ0) is 21.3. The second-order valence-corrected chi connectivity index (χ2v) is 6.14. The highest BCUT2D eigenvalue weighted by Crippen LogP contribution is 2.25. The van der Waals surface area contributed by atoms with Gasteiger partial charge in [0.1, 0.15) is 24.2 Å². The van der Waals surface area contributed by atoms with Crippen molar-refractivity contribution in [3.05, 3.63) is 66.2 Å². The molecule has 3 rings (SSSR count). The number of benzene rings is 2. The number of ether oxygens (including phenoxy) is 2. The summed E-state index contributed by atoms with van der Waals surface area (Å²) in [5.74, 6) is 1.14. The molecule has 30 heavy (non-hydrogen) atoms. The van der Waals surface area contributed by atoms with Crippen LogP contribution in [-0.2, 0) is 13.1 Å². The molecule has 0 aliphatic rings. The van der Waals surface area contributed by atoms with Crippen LogP contribution >= 0.6 is 0 Å². The second-order valence-electron chi connectivity index (χ2n) is 6.14. The maximum atomic E-state index is 12.7. The zero-order valence-corrected chi connectivity index (χ0v) is 16.5. The molecule has 0 saturated carbocycles. The number of aromatic nitrogens is 3. The highest BCUT2D eigenvalue weighted by Gasteiger charge is 2.11. The van der Waals surface area contributed by atoms with Crippen LogP contribution in [0, 0.1) is 0 Å². The number of rotatable bonds is 8. The third-order valence-electron chi connectivity index (χ3n) is 4.23. The topological polar surface area (TPSA) is 85.6 Å². The van der Waals surface area contributed by atoms with Crippen molar-refractivity contribution in [3.63, 3.8) is 0 Å². The highest BCUT2D eigenvalue weighted by atomic mass is 19.3. The van der Waals surface area contributed by atoms with Crippen LogP contribution in [0.2, 0.25) is 0 Å². The first kappa shape index (κ1) is 21.0. The van der Waals surface area contributed by atoms with Gasteiger partial charge < -0.3 is 20.1 Å². The van der Waals surface area contributed by atoms with E-state index >= 15 is 0 Å². The van der Waals surface area contributed by atoms with Crippen LogP contribution < -0.4 is 20.1 Å². The van der Waals surface area contributed by atoms with Crippen molar-refractivity contribution in [2.45, 2.75) is 19.7 Å². The van der Waals surface area contributed by atoms with Crippen molar-refractivity contribution in [1.82, 2.24) is 25.4 Å². The third kappa shape index (κ3) is 5.66. The van der Waals surface area contributed by atoms with Crippen LogP contribution in [0.4, 0.5) is 8.78 Å². The number of halogens is 2. The molecular weight excluding hydrogens is 394 g/mol. The Kier molecular flexibility index (Phi) is 7.14. The molecule has 1 aromatic heterocycles. The second kappa shape index (κ2) is 10.2. The summed E-state index contributed by atoms with van der Waals surface area (Å²) in [6, 6.07) is 12.5. The monoisotopic (exact) mass is 416 g/mol. The average Bonchev–Trinajstić information content (AvgIpc) is 3.29. The van der Waals surface area contributed by atoms with E-state index in [9.17, 15) is 8.78 Å². The van der Waals surface area contributed by atoms with Crippen LogP contribution in [0.25, 0.3) is 5.69 Å². The Balaban J connectivity index is 1.58. The van der Waals surface area contributed by atoms with Gasteiger partial charge in [-0.3, -0.25) is 4.99 Å². The predicted molar refractivity (Wildman–Crippen MR) is 108 cm³/mol. The van der Waals surface area contributed by atoms with Gasteiger partial charge in [0.2, 0.25) is 0 Å². The van der Waals surface area contributed by atoms with Gasteiger partial charge in [0.15, 0.2) is 5.96 Å². The van der Waals surface area contributed by atoms with E-state index in [0.717, 1.165) is 11.3 Å². The number of hydrogen-bond donors (Lipinski definition) is 2. The van der Waals surface area contributed by atoms with E-state index in [1.54, 1.807) is 30.2 Å². The minimum atomic E-state index is -2.91. The van der Waals surface area contributed by atoms with E-state index in [4.69, 9.17) is 4.74 Å². The third-order valence-corrected chi connectivity index (χ3v) is 4.23. The Morgan fingerprint density at radius 1 is 1.13 bits per heavy atom. The Morgan fingerprint density at radius 3 is 2.53 bits per heavy atom. The zero-order valence-electron chi connectivity index (χ0n) is 16.5. The first-order valence-corrected chi connectivity index (χ1v) is 9.09. The van der Waals surface area contributed by atoms with Crippen molar-refractivity contribution < 1.29 is 18.3 Å². The van der Waals surface area contributed by atoms with E-state index < -0.39 is 6.61 Å². The Labute approximate surface area is 172 Å². The molecule has 0 saturated heterocycles. The summed E-state index contributed by atoms with van der Waals surface area (Å²) in [5.41, 5.74) is 2.46. The average molecular weight is 416 g/mol. The molecule has 10 heteroatoms. The molecule has 3 aromatic rings. The van der Waals surface area contributed by atoms with Gasteiger partial charge in [-0.25, -0.2) is 9.67 Å². The molecule has 0 atom stereocenters. The van der Waals surface area contributed by atoms with Gasteiger partial charge in [-0.2, -0.15) is 13.9 Å². The normalized spacial score (nSPS) is 11.4. The van der Waals surface area contributed by atoms with E-state index in [2.05, 4.69) is 30.4 Å². The van der Waals surface area contributed by atoms with E-state index in [-0.39, 0.29) is 12.3 Å². The number of nitrogens with zero attached hydrogens (tertiary/aromatic N) is 4. The fourth-order valence-corrected chi connectivity index (χ4v) is 2.73. The van der Waals surface area contributed by atoms with Gasteiger partial charge in [0, 0.05) is 25.7 Å². The lowest BCUT2D eigenvalue weighted by Gasteiger charge is -2.15. The Morgan fingerprint density at radius 2 is 1.90 bits per heavy atom. The molecule has 0 amide bonds. The summed E-state index contributed by atoms with van der Waals surface area (Å²) in [6.07, 6.45) is 3.11. The largest absolute Gasteiger partial charge is 0.497 e. The molecule has 8 nitrogen and oxygen atoms in total. The molecule has 158 valence electrons. The first-order valence-electron chi connectivity index (χ1n) is 9.09. The molecule has 0 unspecified atom stereocenters. The molecule has 0 spiro atoms. The molecule has 0 aliphatic carbocycles. The SMILES string of the molecule is CN=C(NCc1ccc(-n2cncn2)cc1)NCc1cc(OC)ccc1OC(F)F. The van der Waals surface area contributed by atoms with Crippen molar-refractivity contribution in [2.75, 3.05) is 14.2 Å². The summed E-state index contributed by atoms with van der Waals surface area (Å²) in [7, 11) is 3.14. The fraction of sp³-hybridized carbons (Fsp3) is 0.250. The number of methoxy groups -OCH3 is 1. The molecule has 0 bridgehead atoms. The van der Waals surface area contributed by atoms with Gasteiger partial charge >= 0.3 is 6.61 Å². The minimum Gasteiger partial charge on any atom is -0.497 e. The van der Waals surface area contributed by atoms with E-state index in [1.807, 2.05) is 24.3 Å². The number of nitrogens with one attached hydrogen (secondary N) is 2. The fourth-order valence-electron chi connectivity index (χ4n) is 2.73. The first-order chi connectivity index (χ1) is 14.6. The molecule has 0 fully saturated rings. The van der Waals surface area contributed by atoms with Gasteiger partial charge in [-0.15, -0.1) is 0 Å². The number of alkyl halides is 2. The number of aliphatic imine (C=N–C) groups is 1. The van der Waals surface area contributed by atoms with Crippen LogP contribution in [0.1, 0.15) is 11.1 Å². The molecule has 2 aromatic carbocycles. The lowest BCUT2D eigenvalue weighted by atomic mass is 10.2. The van der Waals surface area contributed by atoms with Gasteiger partial charge in [-0.05, 0) is 35.9 Å². The number of hydrogen-bond acceptors (Lipinski definition) is 5. The summed E-state index contributed by atoms with van der Waals surface area (Å²) in [4.78, 5) is 8.09. The van der Waals surface area contributed by atoms with Crippen molar-refractivity contribution >= 4 is 5.96 Å². The summed E-state index contributed by atoms with van der Waals surface area (Å²) >= 11 is 0. The van der Waals surface area contributed by atoms with Gasteiger partial charge in [0.05, 0.1) is 12.8 Å². The Bertz CT molecular complexity index is 962.